The van der Waals surface area contributed by atoms with Gasteiger partial charge in [-0.2, -0.15) is 18.2 Å². The standard InChI is InChI=1S/C23H22ClF3N4O4/c1-13-4-9-17(10-18(13)23(25,26)27)28-20-29-21(33)31(11-14(2)19(32)35-3)22(34)30(20)12-15-5-7-16(24)8-6-15/h4-10,14H,11-12H2,1-3H3,(H,28,29,33)/t14-/m0/s1. The lowest BCUT2D eigenvalue weighted by Gasteiger charge is -2.18. The Morgan fingerprint density at radius 3 is 2.40 bits per heavy atom. The first kappa shape index (κ1) is 26.0. The normalized spacial score (nSPS) is 12.3. The van der Waals surface area contributed by atoms with E-state index < -0.39 is 35.0 Å². The summed E-state index contributed by atoms with van der Waals surface area (Å²) in [4.78, 5) is 41.7. The number of rotatable bonds is 7. The monoisotopic (exact) mass is 510 g/mol. The van der Waals surface area contributed by atoms with Gasteiger partial charge in [0.2, 0.25) is 5.95 Å². The number of nitrogens with one attached hydrogen (secondary N) is 1. The molecule has 0 amide bonds. The molecule has 1 aromatic heterocycles. The van der Waals surface area contributed by atoms with E-state index in [0.29, 0.717) is 10.6 Å². The largest absolute Gasteiger partial charge is 0.469 e. The van der Waals surface area contributed by atoms with E-state index >= 15 is 0 Å². The third-order valence-corrected chi connectivity index (χ3v) is 5.51. The van der Waals surface area contributed by atoms with E-state index in [1.54, 1.807) is 24.3 Å². The zero-order valence-electron chi connectivity index (χ0n) is 19.0. The summed E-state index contributed by atoms with van der Waals surface area (Å²) in [5.41, 5.74) is -2.02. The minimum atomic E-state index is -4.59. The lowest BCUT2D eigenvalue weighted by Crippen LogP contribution is -2.44. The first-order chi connectivity index (χ1) is 16.4. The number of carbonyl (C=O) groups excluding carboxylic acids is 1. The Hall–Kier alpha value is -3.60. The number of halogens is 4. The quantitative estimate of drug-likeness (QED) is 0.483. The maximum absolute atomic E-state index is 13.4. The van der Waals surface area contributed by atoms with Gasteiger partial charge in [0.25, 0.3) is 0 Å². The molecule has 0 aliphatic heterocycles. The number of methoxy groups -OCH3 is 1. The fourth-order valence-electron chi connectivity index (χ4n) is 3.38. The van der Waals surface area contributed by atoms with E-state index in [4.69, 9.17) is 11.6 Å². The number of aryl methyl sites for hydroxylation is 1. The Kier molecular flexibility index (Phi) is 7.69. The average molecular weight is 511 g/mol. The summed E-state index contributed by atoms with van der Waals surface area (Å²) < 4.78 is 46.6. The Morgan fingerprint density at radius 1 is 1.14 bits per heavy atom. The number of ether oxygens (including phenoxy) is 1. The fraction of sp³-hybridized carbons (Fsp3) is 0.304. The molecule has 0 spiro atoms. The summed E-state index contributed by atoms with van der Waals surface area (Å²) in [5.74, 6) is -1.70. The minimum Gasteiger partial charge on any atom is -0.469 e. The van der Waals surface area contributed by atoms with Gasteiger partial charge in [-0.1, -0.05) is 36.7 Å². The van der Waals surface area contributed by atoms with Crippen LogP contribution in [0.15, 0.2) is 52.1 Å². The van der Waals surface area contributed by atoms with Gasteiger partial charge in [0.05, 0.1) is 25.1 Å². The summed E-state index contributed by atoms with van der Waals surface area (Å²) in [6.07, 6.45) is -4.59. The van der Waals surface area contributed by atoms with Crippen LogP contribution in [0.2, 0.25) is 5.02 Å². The Balaban J connectivity index is 2.11. The maximum Gasteiger partial charge on any atom is 0.416 e. The first-order valence-electron chi connectivity index (χ1n) is 10.4. The molecule has 1 atom stereocenters. The highest BCUT2D eigenvalue weighted by molar-refractivity contribution is 6.30. The molecule has 0 saturated heterocycles. The molecule has 1 heterocycles. The van der Waals surface area contributed by atoms with Crippen LogP contribution >= 0.6 is 11.6 Å². The molecule has 0 aliphatic rings. The van der Waals surface area contributed by atoms with Gasteiger partial charge in [-0.25, -0.2) is 14.2 Å². The average Bonchev–Trinajstić information content (AvgIpc) is 2.80. The van der Waals surface area contributed by atoms with Crippen LogP contribution in [0, 0.1) is 12.8 Å². The number of aromatic nitrogens is 3. The predicted molar refractivity (Wildman–Crippen MR) is 124 cm³/mol. The number of hydrogen-bond donors (Lipinski definition) is 1. The minimum absolute atomic E-state index is 0.0141. The molecule has 0 aliphatic carbocycles. The summed E-state index contributed by atoms with van der Waals surface area (Å²) >= 11 is 5.92. The highest BCUT2D eigenvalue weighted by atomic mass is 35.5. The molecule has 186 valence electrons. The second-order valence-electron chi connectivity index (χ2n) is 7.90. The van der Waals surface area contributed by atoms with E-state index in [-0.39, 0.29) is 30.3 Å². The lowest BCUT2D eigenvalue weighted by atomic mass is 10.1. The molecule has 0 bridgehead atoms. The van der Waals surface area contributed by atoms with Crippen molar-refractivity contribution >= 4 is 29.2 Å². The van der Waals surface area contributed by atoms with Crippen LogP contribution in [-0.2, 0) is 28.8 Å². The topological polar surface area (TPSA) is 95.2 Å². The summed E-state index contributed by atoms with van der Waals surface area (Å²) in [6, 6.07) is 10.0. The van der Waals surface area contributed by atoms with Crippen LogP contribution in [0.1, 0.15) is 23.6 Å². The van der Waals surface area contributed by atoms with Crippen molar-refractivity contribution in [3.63, 3.8) is 0 Å². The fourth-order valence-corrected chi connectivity index (χ4v) is 3.51. The Bertz CT molecular complexity index is 1350. The zero-order valence-corrected chi connectivity index (χ0v) is 19.8. The third kappa shape index (κ3) is 6.10. The van der Waals surface area contributed by atoms with Crippen molar-refractivity contribution in [1.29, 1.82) is 0 Å². The molecule has 8 nitrogen and oxygen atoms in total. The molecule has 0 unspecified atom stereocenters. The zero-order chi connectivity index (χ0) is 25.9. The van der Waals surface area contributed by atoms with Gasteiger partial charge in [-0.3, -0.25) is 9.36 Å². The SMILES string of the molecule is COC(=O)[C@@H](C)Cn1c(=O)nc(Nc2ccc(C)c(C(F)(F)F)c2)n(Cc2ccc(Cl)cc2)c1=O. The third-order valence-electron chi connectivity index (χ3n) is 5.26. The van der Waals surface area contributed by atoms with Crippen LogP contribution in [0.3, 0.4) is 0 Å². The highest BCUT2D eigenvalue weighted by Crippen LogP contribution is 2.33. The van der Waals surface area contributed by atoms with Crippen LogP contribution in [0.4, 0.5) is 24.8 Å². The number of nitrogens with zero attached hydrogens (tertiary/aromatic N) is 3. The van der Waals surface area contributed by atoms with Crippen LogP contribution in [0.25, 0.3) is 0 Å². The Morgan fingerprint density at radius 2 is 1.80 bits per heavy atom. The van der Waals surface area contributed by atoms with Crippen molar-refractivity contribution in [3.05, 3.63) is 85.1 Å². The number of hydrogen-bond acceptors (Lipinski definition) is 6. The van der Waals surface area contributed by atoms with Gasteiger partial charge in [-0.15, -0.1) is 0 Å². The first-order valence-corrected chi connectivity index (χ1v) is 10.8. The van der Waals surface area contributed by atoms with Gasteiger partial charge in [-0.05, 0) is 42.3 Å². The van der Waals surface area contributed by atoms with E-state index in [9.17, 15) is 27.6 Å². The second-order valence-corrected chi connectivity index (χ2v) is 8.34. The highest BCUT2D eigenvalue weighted by Gasteiger charge is 2.32. The molecule has 12 heteroatoms. The number of alkyl halides is 3. The van der Waals surface area contributed by atoms with Crippen molar-refractivity contribution in [2.45, 2.75) is 33.1 Å². The molecule has 3 rings (SSSR count). The molecular weight excluding hydrogens is 489 g/mol. The number of anilines is 2. The predicted octanol–water partition coefficient (Wildman–Crippen LogP) is 3.99. The summed E-state index contributed by atoms with van der Waals surface area (Å²) in [6.45, 7) is 2.44. The van der Waals surface area contributed by atoms with Gasteiger partial charge in [0, 0.05) is 17.3 Å². The van der Waals surface area contributed by atoms with E-state index in [1.165, 1.54) is 33.1 Å². The second kappa shape index (κ2) is 10.3. The molecular formula is C23H22ClF3N4O4. The summed E-state index contributed by atoms with van der Waals surface area (Å²) in [5, 5.41) is 3.13. The van der Waals surface area contributed by atoms with E-state index in [2.05, 4.69) is 15.0 Å². The molecule has 2 aromatic carbocycles. The number of benzene rings is 2. The summed E-state index contributed by atoms with van der Waals surface area (Å²) in [7, 11) is 1.18. The van der Waals surface area contributed by atoms with Gasteiger partial charge in [0.15, 0.2) is 0 Å². The van der Waals surface area contributed by atoms with E-state index in [1.807, 2.05) is 0 Å². The van der Waals surface area contributed by atoms with Crippen molar-refractivity contribution < 1.29 is 22.7 Å². The van der Waals surface area contributed by atoms with Crippen molar-refractivity contribution in [2.75, 3.05) is 12.4 Å². The number of carbonyl (C=O) groups is 1. The lowest BCUT2D eigenvalue weighted by molar-refractivity contribution is -0.145. The smallest absolute Gasteiger partial charge is 0.416 e. The van der Waals surface area contributed by atoms with Gasteiger partial charge >= 0.3 is 23.5 Å². The maximum atomic E-state index is 13.4. The molecule has 0 fully saturated rings. The van der Waals surface area contributed by atoms with Crippen molar-refractivity contribution in [2.24, 2.45) is 5.92 Å². The van der Waals surface area contributed by atoms with Gasteiger partial charge in [0.1, 0.15) is 0 Å². The molecule has 1 N–H and O–H groups in total. The molecule has 35 heavy (non-hydrogen) atoms. The van der Waals surface area contributed by atoms with Crippen molar-refractivity contribution in [3.8, 4) is 0 Å². The van der Waals surface area contributed by atoms with Gasteiger partial charge < -0.3 is 10.1 Å². The van der Waals surface area contributed by atoms with Crippen LogP contribution in [-0.4, -0.2) is 27.2 Å². The number of esters is 1. The van der Waals surface area contributed by atoms with Crippen LogP contribution in [0.5, 0.6) is 0 Å². The van der Waals surface area contributed by atoms with E-state index in [0.717, 1.165) is 15.2 Å². The van der Waals surface area contributed by atoms with Crippen molar-refractivity contribution in [1.82, 2.24) is 14.1 Å². The van der Waals surface area contributed by atoms with Crippen LogP contribution < -0.4 is 16.7 Å². The molecule has 0 radical (unpaired) electrons. The molecule has 3 aromatic rings. The molecule has 0 saturated carbocycles. The Labute approximate surface area is 202 Å².